The van der Waals surface area contributed by atoms with Gasteiger partial charge in [0, 0.05) is 32.1 Å². The molecule has 1 aromatic rings. The van der Waals surface area contributed by atoms with Gasteiger partial charge in [0.25, 0.3) is 0 Å². The number of rotatable bonds is 4. The van der Waals surface area contributed by atoms with Crippen LogP contribution in [0.15, 0.2) is 18.2 Å². The third-order valence-corrected chi connectivity index (χ3v) is 5.48. The lowest BCUT2D eigenvalue weighted by molar-refractivity contribution is -0.137. The molecule has 3 aliphatic rings. The first-order valence-electron chi connectivity index (χ1n) is 9.64. The minimum Gasteiger partial charge on any atom is -0.370 e. The van der Waals surface area contributed by atoms with Crippen molar-refractivity contribution < 1.29 is 22.8 Å². The Morgan fingerprint density at radius 3 is 2.36 bits per heavy atom. The summed E-state index contributed by atoms with van der Waals surface area (Å²) in [6, 6.07) is 2.95. The van der Waals surface area contributed by atoms with Crippen LogP contribution in [0.5, 0.6) is 0 Å². The summed E-state index contributed by atoms with van der Waals surface area (Å²) in [5.41, 5.74) is -0.00548. The summed E-state index contributed by atoms with van der Waals surface area (Å²) in [5, 5.41) is 5.54. The molecule has 3 amide bonds. The largest absolute Gasteiger partial charge is 0.416 e. The third kappa shape index (κ3) is 4.02. The Morgan fingerprint density at radius 2 is 1.75 bits per heavy atom. The second kappa shape index (κ2) is 7.18. The molecule has 1 aliphatic carbocycles. The minimum atomic E-state index is -4.47. The summed E-state index contributed by atoms with van der Waals surface area (Å²) in [7, 11) is 0. The van der Waals surface area contributed by atoms with Crippen molar-refractivity contribution in [2.24, 2.45) is 5.92 Å². The van der Waals surface area contributed by atoms with Crippen LogP contribution in [0.4, 0.5) is 29.3 Å². The molecule has 1 aromatic carbocycles. The summed E-state index contributed by atoms with van der Waals surface area (Å²) in [5.74, 6) is 0.135. The first kappa shape index (κ1) is 18.9. The lowest BCUT2D eigenvalue weighted by atomic mass is 10.1. The number of amides is 3. The number of benzene rings is 1. The number of hydrogen-bond acceptors (Lipinski definition) is 3. The molecule has 2 N–H and O–H groups in total. The van der Waals surface area contributed by atoms with E-state index in [9.17, 15) is 22.8 Å². The second-order valence-corrected chi connectivity index (χ2v) is 7.74. The molecular formula is C19H23F3N4O2. The highest BCUT2D eigenvalue weighted by Crippen LogP contribution is 2.37. The SMILES string of the molecule is O=C(NC1CN(C(=O)Nc2cc(C(F)(F)F)ccc2N2CCCC2)C1)C1CC1. The maximum atomic E-state index is 13.1. The Hall–Kier alpha value is -2.45. The highest BCUT2D eigenvalue weighted by atomic mass is 19.4. The molecule has 6 nitrogen and oxygen atoms in total. The average Bonchev–Trinajstić information content (AvgIpc) is 3.32. The Kier molecular flexibility index (Phi) is 4.84. The lowest BCUT2D eigenvalue weighted by Gasteiger charge is -2.39. The van der Waals surface area contributed by atoms with Gasteiger partial charge in [-0.25, -0.2) is 4.79 Å². The van der Waals surface area contributed by atoms with E-state index in [2.05, 4.69) is 10.6 Å². The van der Waals surface area contributed by atoms with Crippen molar-refractivity contribution in [1.29, 1.82) is 0 Å². The Morgan fingerprint density at radius 1 is 1.07 bits per heavy atom. The lowest BCUT2D eigenvalue weighted by Crippen LogP contribution is -2.62. The summed E-state index contributed by atoms with van der Waals surface area (Å²) in [6.07, 6.45) is -0.696. The van der Waals surface area contributed by atoms with Gasteiger partial charge >= 0.3 is 12.2 Å². The predicted octanol–water partition coefficient (Wildman–Crippen LogP) is 3.05. The number of nitrogens with one attached hydrogen (secondary N) is 2. The number of carbonyl (C=O) groups excluding carboxylic acids is 2. The first-order chi connectivity index (χ1) is 13.3. The monoisotopic (exact) mass is 396 g/mol. The zero-order chi connectivity index (χ0) is 19.9. The summed E-state index contributed by atoms with van der Waals surface area (Å²) in [4.78, 5) is 27.7. The Balaban J connectivity index is 1.42. The van der Waals surface area contributed by atoms with Crippen molar-refractivity contribution in [3.8, 4) is 0 Å². The Labute approximate surface area is 161 Å². The van der Waals surface area contributed by atoms with Gasteiger partial charge in [-0.1, -0.05) is 0 Å². The van der Waals surface area contributed by atoms with Crippen LogP contribution in [0.3, 0.4) is 0 Å². The topological polar surface area (TPSA) is 64.7 Å². The smallest absolute Gasteiger partial charge is 0.370 e. The molecule has 152 valence electrons. The van der Waals surface area contributed by atoms with Crippen LogP contribution < -0.4 is 15.5 Å². The van der Waals surface area contributed by atoms with Crippen LogP contribution in [0.1, 0.15) is 31.2 Å². The fraction of sp³-hybridized carbons (Fsp3) is 0.579. The zero-order valence-corrected chi connectivity index (χ0v) is 15.4. The molecule has 1 saturated carbocycles. The first-order valence-corrected chi connectivity index (χ1v) is 9.64. The summed E-state index contributed by atoms with van der Waals surface area (Å²) < 4.78 is 39.3. The molecule has 2 saturated heterocycles. The number of likely N-dealkylation sites (tertiary alicyclic amines) is 1. The van der Waals surface area contributed by atoms with E-state index >= 15 is 0 Å². The van der Waals surface area contributed by atoms with Crippen molar-refractivity contribution in [3.63, 3.8) is 0 Å². The molecule has 0 atom stereocenters. The highest BCUT2D eigenvalue weighted by Gasteiger charge is 2.37. The van der Waals surface area contributed by atoms with Crippen molar-refractivity contribution in [2.75, 3.05) is 36.4 Å². The molecule has 3 fully saturated rings. The van der Waals surface area contributed by atoms with Gasteiger partial charge in [0.05, 0.1) is 23.0 Å². The molecular weight excluding hydrogens is 373 g/mol. The fourth-order valence-electron chi connectivity index (χ4n) is 3.64. The molecule has 9 heteroatoms. The van der Waals surface area contributed by atoms with Crippen LogP contribution in [0.2, 0.25) is 0 Å². The minimum absolute atomic E-state index is 0.0271. The van der Waals surface area contributed by atoms with Crippen LogP contribution in [-0.2, 0) is 11.0 Å². The predicted molar refractivity (Wildman–Crippen MR) is 98.1 cm³/mol. The van der Waals surface area contributed by atoms with E-state index in [1.807, 2.05) is 4.90 Å². The van der Waals surface area contributed by atoms with Gasteiger partial charge in [-0.2, -0.15) is 13.2 Å². The van der Waals surface area contributed by atoms with Crippen LogP contribution >= 0.6 is 0 Å². The van der Waals surface area contributed by atoms with E-state index in [-0.39, 0.29) is 23.6 Å². The standard InChI is InChI=1S/C19H23F3N4O2/c20-19(21,22)13-5-6-16(25-7-1-2-8-25)15(9-13)24-18(28)26-10-14(11-26)23-17(27)12-3-4-12/h5-6,9,12,14H,1-4,7-8,10-11H2,(H,23,27)(H,24,28). The van der Waals surface area contributed by atoms with Gasteiger partial charge in [-0.05, 0) is 43.9 Å². The van der Waals surface area contributed by atoms with Crippen LogP contribution in [0, 0.1) is 5.92 Å². The molecule has 0 aromatic heterocycles. The number of carbonyl (C=O) groups is 2. The summed E-state index contributed by atoms with van der Waals surface area (Å²) >= 11 is 0. The molecule has 2 aliphatic heterocycles. The quantitative estimate of drug-likeness (QED) is 0.822. The van der Waals surface area contributed by atoms with E-state index in [4.69, 9.17) is 0 Å². The van der Waals surface area contributed by atoms with E-state index in [1.165, 1.54) is 11.0 Å². The van der Waals surface area contributed by atoms with E-state index in [0.717, 1.165) is 50.9 Å². The van der Waals surface area contributed by atoms with E-state index in [1.54, 1.807) is 0 Å². The molecule has 0 radical (unpaired) electrons. The van der Waals surface area contributed by atoms with Crippen molar-refractivity contribution >= 4 is 23.3 Å². The molecule has 0 bridgehead atoms. The Bertz CT molecular complexity index is 767. The number of halogens is 3. The zero-order valence-electron chi connectivity index (χ0n) is 15.4. The van der Waals surface area contributed by atoms with Crippen LogP contribution in [0.25, 0.3) is 0 Å². The number of anilines is 2. The van der Waals surface area contributed by atoms with Crippen molar-refractivity contribution in [2.45, 2.75) is 37.9 Å². The van der Waals surface area contributed by atoms with Gasteiger partial charge in [0.15, 0.2) is 0 Å². The van der Waals surface area contributed by atoms with Crippen LogP contribution in [-0.4, -0.2) is 49.1 Å². The maximum Gasteiger partial charge on any atom is 0.416 e. The van der Waals surface area contributed by atoms with E-state index < -0.39 is 17.8 Å². The summed E-state index contributed by atoms with van der Waals surface area (Å²) in [6.45, 7) is 2.24. The van der Waals surface area contributed by atoms with Gasteiger partial charge < -0.3 is 20.4 Å². The van der Waals surface area contributed by atoms with Crippen molar-refractivity contribution in [1.82, 2.24) is 10.2 Å². The fourth-order valence-corrected chi connectivity index (χ4v) is 3.64. The van der Waals surface area contributed by atoms with Gasteiger partial charge in [-0.15, -0.1) is 0 Å². The number of nitrogens with zero attached hydrogens (tertiary/aromatic N) is 2. The number of hydrogen-bond donors (Lipinski definition) is 2. The third-order valence-electron chi connectivity index (χ3n) is 5.48. The molecule has 0 unspecified atom stereocenters. The highest BCUT2D eigenvalue weighted by molar-refractivity contribution is 5.94. The molecule has 0 spiro atoms. The molecule has 28 heavy (non-hydrogen) atoms. The maximum absolute atomic E-state index is 13.1. The van der Waals surface area contributed by atoms with Gasteiger partial charge in [0.1, 0.15) is 0 Å². The molecule has 2 heterocycles. The van der Waals surface area contributed by atoms with Gasteiger partial charge in [0.2, 0.25) is 5.91 Å². The van der Waals surface area contributed by atoms with Crippen molar-refractivity contribution in [3.05, 3.63) is 23.8 Å². The molecule has 4 rings (SSSR count). The normalized spacial score (nSPS) is 20.1. The average molecular weight is 396 g/mol. The number of alkyl halides is 3. The van der Waals surface area contributed by atoms with E-state index in [0.29, 0.717) is 18.8 Å². The number of urea groups is 1. The van der Waals surface area contributed by atoms with Gasteiger partial charge in [-0.3, -0.25) is 4.79 Å². The second-order valence-electron chi connectivity index (χ2n) is 7.74.